The average molecular weight is 250 g/mol. The fourth-order valence-electron chi connectivity index (χ4n) is 2.05. The molecule has 0 atom stereocenters. The number of anilines is 1. The number of pyridine rings is 1. The van der Waals surface area contributed by atoms with Gasteiger partial charge in [0.25, 0.3) is 0 Å². The summed E-state index contributed by atoms with van der Waals surface area (Å²) in [7, 11) is 1.38. The lowest BCUT2D eigenvalue weighted by atomic mass is 10.1. The zero-order valence-corrected chi connectivity index (χ0v) is 10.7. The average Bonchev–Trinajstić information content (AvgIpc) is 2.41. The third-order valence-corrected chi connectivity index (χ3v) is 3.20. The van der Waals surface area contributed by atoms with Crippen molar-refractivity contribution in [1.29, 1.82) is 0 Å². The number of carbonyl (C=O) groups is 1. The molecular formula is C13H18N2O3. The van der Waals surface area contributed by atoms with Crippen LogP contribution in [0.5, 0.6) is 0 Å². The highest BCUT2D eigenvalue weighted by Gasteiger charge is 2.17. The van der Waals surface area contributed by atoms with Crippen LogP contribution in [-0.4, -0.2) is 37.3 Å². The van der Waals surface area contributed by atoms with Crippen molar-refractivity contribution in [2.75, 3.05) is 25.6 Å². The quantitative estimate of drug-likeness (QED) is 0.828. The van der Waals surface area contributed by atoms with Gasteiger partial charge in [0, 0.05) is 25.5 Å². The summed E-state index contributed by atoms with van der Waals surface area (Å²) in [6, 6.07) is 0.382. The summed E-state index contributed by atoms with van der Waals surface area (Å²) in [4.78, 5) is 15.7. The fourth-order valence-corrected chi connectivity index (χ4v) is 2.05. The van der Waals surface area contributed by atoms with E-state index in [0.29, 0.717) is 11.6 Å². The normalized spacial score (nSPS) is 16.3. The molecule has 0 saturated carbocycles. The van der Waals surface area contributed by atoms with Gasteiger partial charge in [-0.15, -0.1) is 0 Å². The summed E-state index contributed by atoms with van der Waals surface area (Å²) in [6.45, 7) is 3.46. The van der Waals surface area contributed by atoms with Gasteiger partial charge in [-0.05, 0) is 25.3 Å². The smallest absolute Gasteiger partial charge is 0.339 e. The number of methoxy groups -OCH3 is 1. The molecule has 98 valence electrons. The SMILES string of the molecule is COC(=O)c1cncc(NC2CCOCC2)c1C. The van der Waals surface area contributed by atoms with Crippen LogP contribution in [0.3, 0.4) is 0 Å². The molecule has 0 aliphatic carbocycles. The second kappa shape index (κ2) is 5.82. The lowest BCUT2D eigenvalue weighted by molar-refractivity contribution is 0.0599. The molecule has 0 bridgehead atoms. The van der Waals surface area contributed by atoms with Gasteiger partial charge in [0.2, 0.25) is 0 Å². The van der Waals surface area contributed by atoms with E-state index in [1.807, 2.05) is 6.92 Å². The number of esters is 1. The van der Waals surface area contributed by atoms with Gasteiger partial charge >= 0.3 is 5.97 Å². The number of nitrogens with one attached hydrogen (secondary N) is 1. The van der Waals surface area contributed by atoms with Crippen LogP contribution >= 0.6 is 0 Å². The first kappa shape index (κ1) is 12.8. The van der Waals surface area contributed by atoms with Gasteiger partial charge in [-0.25, -0.2) is 4.79 Å². The van der Waals surface area contributed by atoms with Crippen molar-refractivity contribution in [3.8, 4) is 0 Å². The molecule has 1 aliphatic heterocycles. The van der Waals surface area contributed by atoms with Crippen molar-refractivity contribution in [3.63, 3.8) is 0 Å². The minimum Gasteiger partial charge on any atom is -0.465 e. The molecule has 2 rings (SSSR count). The Bertz CT molecular complexity index is 428. The lowest BCUT2D eigenvalue weighted by Gasteiger charge is -2.25. The standard InChI is InChI=1S/C13H18N2O3/c1-9-11(13(16)17-2)7-14-8-12(9)15-10-3-5-18-6-4-10/h7-8,10,15H,3-6H2,1-2H3. The van der Waals surface area contributed by atoms with Gasteiger partial charge in [-0.2, -0.15) is 0 Å². The monoisotopic (exact) mass is 250 g/mol. The largest absolute Gasteiger partial charge is 0.465 e. The van der Waals surface area contributed by atoms with Gasteiger partial charge in [-0.1, -0.05) is 0 Å². The van der Waals surface area contributed by atoms with E-state index in [9.17, 15) is 4.79 Å². The first-order valence-corrected chi connectivity index (χ1v) is 6.09. The molecule has 2 heterocycles. The molecule has 0 spiro atoms. The summed E-state index contributed by atoms with van der Waals surface area (Å²) in [5.41, 5.74) is 2.28. The number of aromatic nitrogens is 1. The van der Waals surface area contributed by atoms with E-state index in [4.69, 9.17) is 9.47 Å². The van der Waals surface area contributed by atoms with Crippen molar-refractivity contribution in [2.45, 2.75) is 25.8 Å². The highest BCUT2D eigenvalue weighted by Crippen LogP contribution is 2.21. The Morgan fingerprint density at radius 2 is 2.17 bits per heavy atom. The van der Waals surface area contributed by atoms with Gasteiger partial charge in [0.15, 0.2) is 0 Å². The minimum absolute atomic E-state index is 0.351. The summed E-state index contributed by atoms with van der Waals surface area (Å²) in [5.74, 6) is -0.351. The fraction of sp³-hybridized carbons (Fsp3) is 0.538. The van der Waals surface area contributed by atoms with Crippen molar-refractivity contribution < 1.29 is 14.3 Å². The number of hydrogen-bond donors (Lipinski definition) is 1. The van der Waals surface area contributed by atoms with E-state index >= 15 is 0 Å². The predicted molar refractivity (Wildman–Crippen MR) is 67.8 cm³/mol. The maximum absolute atomic E-state index is 11.6. The van der Waals surface area contributed by atoms with Gasteiger partial charge in [0.05, 0.1) is 24.6 Å². The van der Waals surface area contributed by atoms with E-state index < -0.39 is 0 Å². The van der Waals surface area contributed by atoms with Crippen molar-refractivity contribution in [2.24, 2.45) is 0 Å². The second-order valence-electron chi connectivity index (χ2n) is 4.38. The molecule has 0 amide bonds. The molecule has 5 nitrogen and oxygen atoms in total. The molecule has 1 aromatic heterocycles. The molecule has 1 aromatic rings. The van der Waals surface area contributed by atoms with E-state index in [-0.39, 0.29) is 5.97 Å². The molecule has 0 unspecified atom stereocenters. The molecule has 1 N–H and O–H groups in total. The Morgan fingerprint density at radius 3 is 2.83 bits per heavy atom. The van der Waals surface area contributed by atoms with Crippen molar-refractivity contribution in [3.05, 3.63) is 23.5 Å². The molecule has 18 heavy (non-hydrogen) atoms. The van der Waals surface area contributed by atoms with E-state index in [1.165, 1.54) is 13.3 Å². The topological polar surface area (TPSA) is 60.5 Å². The molecule has 0 radical (unpaired) electrons. The predicted octanol–water partition coefficient (Wildman–Crippen LogP) is 1.77. The van der Waals surface area contributed by atoms with E-state index in [1.54, 1.807) is 6.20 Å². The highest BCUT2D eigenvalue weighted by molar-refractivity contribution is 5.92. The third-order valence-electron chi connectivity index (χ3n) is 3.20. The van der Waals surface area contributed by atoms with E-state index in [0.717, 1.165) is 37.3 Å². The number of nitrogens with zero attached hydrogens (tertiary/aromatic N) is 1. The van der Waals surface area contributed by atoms with Crippen LogP contribution in [0.1, 0.15) is 28.8 Å². The summed E-state index contributed by atoms with van der Waals surface area (Å²) >= 11 is 0. The molecule has 1 aliphatic rings. The van der Waals surface area contributed by atoms with Crippen LogP contribution in [-0.2, 0) is 9.47 Å². The summed E-state index contributed by atoms with van der Waals surface area (Å²) in [5, 5.41) is 3.42. The van der Waals surface area contributed by atoms with E-state index in [2.05, 4.69) is 10.3 Å². The maximum Gasteiger partial charge on any atom is 0.339 e. The number of rotatable bonds is 3. The maximum atomic E-state index is 11.6. The van der Waals surface area contributed by atoms with Crippen LogP contribution in [0.4, 0.5) is 5.69 Å². The zero-order valence-electron chi connectivity index (χ0n) is 10.7. The minimum atomic E-state index is -0.351. The van der Waals surface area contributed by atoms with Crippen LogP contribution in [0, 0.1) is 6.92 Å². The lowest BCUT2D eigenvalue weighted by Crippen LogP contribution is -2.28. The number of carbonyl (C=O) groups excluding carboxylic acids is 1. The number of hydrogen-bond acceptors (Lipinski definition) is 5. The molecule has 1 saturated heterocycles. The van der Waals surface area contributed by atoms with Crippen molar-refractivity contribution >= 4 is 11.7 Å². The number of ether oxygens (including phenoxy) is 2. The molecule has 1 fully saturated rings. The van der Waals surface area contributed by atoms with Crippen molar-refractivity contribution in [1.82, 2.24) is 4.98 Å². The first-order valence-electron chi connectivity index (χ1n) is 6.09. The zero-order chi connectivity index (χ0) is 13.0. The molecule has 5 heteroatoms. The third kappa shape index (κ3) is 2.79. The van der Waals surface area contributed by atoms with Crippen LogP contribution < -0.4 is 5.32 Å². The van der Waals surface area contributed by atoms with Gasteiger partial charge in [0.1, 0.15) is 0 Å². The van der Waals surface area contributed by atoms with Gasteiger partial charge in [-0.3, -0.25) is 4.98 Å². The Hall–Kier alpha value is -1.62. The van der Waals surface area contributed by atoms with Gasteiger partial charge < -0.3 is 14.8 Å². The Morgan fingerprint density at radius 1 is 1.44 bits per heavy atom. The molecular weight excluding hydrogens is 232 g/mol. The Labute approximate surface area is 107 Å². The highest BCUT2D eigenvalue weighted by atomic mass is 16.5. The first-order chi connectivity index (χ1) is 8.72. The van der Waals surface area contributed by atoms with Crippen LogP contribution in [0.2, 0.25) is 0 Å². The van der Waals surface area contributed by atoms with Crippen LogP contribution in [0.15, 0.2) is 12.4 Å². The summed E-state index contributed by atoms with van der Waals surface area (Å²) < 4.78 is 10.1. The second-order valence-corrected chi connectivity index (χ2v) is 4.38. The summed E-state index contributed by atoms with van der Waals surface area (Å²) in [6.07, 6.45) is 5.23. The molecule has 0 aromatic carbocycles. The Balaban J connectivity index is 2.15. The van der Waals surface area contributed by atoms with Crippen LogP contribution in [0.25, 0.3) is 0 Å². The Kier molecular flexibility index (Phi) is 4.15.